The highest BCUT2D eigenvalue weighted by molar-refractivity contribution is 5.98. The predicted molar refractivity (Wildman–Crippen MR) is 104 cm³/mol. The normalized spacial score (nSPS) is 10.7. The van der Waals surface area contributed by atoms with Gasteiger partial charge in [0.15, 0.2) is 6.61 Å². The van der Waals surface area contributed by atoms with Crippen molar-refractivity contribution in [3.8, 4) is 5.75 Å². The van der Waals surface area contributed by atoms with Crippen LogP contribution in [0.15, 0.2) is 77.0 Å². The van der Waals surface area contributed by atoms with Gasteiger partial charge in [-0.3, -0.25) is 4.79 Å². The molecule has 1 amide bonds. The number of carbonyl (C=O) groups is 2. The number of phenols is 1. The number of nitrogens with zero attached hydrogens (tertiary/aromatic N) is 2. The summed E-state index contributed by atoms with van der Waals surface area (Å²) in [6.07, 6.45) is 0. The summed E-state index contributed by atoms with van der Waals surface area (Å²) in [5, 5.41) is 19.5. The SMILES string of the molecule is O=C(COC(=O)c1ccccc1N=Nc1ccc(O)cc1)Nc1ccc(F)cc1F. The van der Waals surface area contributed by atoms with Gasteiger partial charge in [-0.25, -0.2) is 13.6 Å². The maximum Gasteiger partial charge on any atom is 0.340 e. The van der Waals surface area contributed by atoms with Crippen molar-refractivity contribution in [2.75, 3.05) is 11.9 Å². The number of azo groups is 1. The van der Waals surface area contributed by atoms with Gasteiger partial charge in [-0.15, -0.1) is 5.11 Å². The molecule has 9 heteroatoms. The van der Waals surface area contributed by atoms with E-state index in [0.29, 0.717) is 11.8 Å². The van der Waals surface area contributed by atoms with Gasteiger partial charge in [0, 0.05) is 6.07 Å². The third-order valence-corrected chi connectivity index (χ3v) is 3.79. The second-order valence-corrected chi connectivity index (χ2v) is 5.98. The zero-order valence-electron chi connectivity index (χ0n) is 15.4. The Morgan fingerprint density at radius 2 is 1.70 bits per heavy atom. The molecule has 0 spiro atoms. The van der Waals surface area contributed by atoms with Crippen LogP contribution in [0.25, 0.3) is 0 Å². The van der Waals surface area contributed by atoms with Gasteiger partial charge in [0.1, 0.15) is 23.1 Å². The smallest absolute Gasteiger partial charge is 0.340 e. The molecule has 0 bridgehead atoms. The van der Waals surface area contributed by atoms with Crippen LogP contribution in [-0.2, 0) is 9.53 Å². The summed E-state index contributed by atoms with van der Waals surface area (Å²) in [5.74, 6) is -3.27. The monoisotopic (exact) mass is 411 g/mol. The van der Waals surface area contributed by atoms with E-state index in [9.17, 15) is 23.5 Å². The average molecular weight is 411 g/mol. The van der Waals surface area contributed by atoms with E-state index in [0.717, 1.165) is 12.1 Å². The Bertz CT molecular complexity index is 1100. The number of benzene rings is 3. The van der Waals surface area contributed by atoms with Crippen molar-refractivity contribution in [2.24, 2.45) is 10.2 Å². The summed E-state index contributed by atoms with van der Waals surface area (Å²) >= 11 is 0. The highest BCUT2D eigenvalue weighted by Crippen LogP contribution is 2.24. The molecule has 3 rings (SSSR count). The molecule has 0 fully saturated rings. The molecule has 0 aromatic heterocycles. The van der Waals surface area contributed by atoms with E-state index in [-0.39, 0.29) is 22.7 Å². The number of nitrogens with one attached hydrogen (secondary N) is 1. The third kappa shape index (κ3) is 5.44. The zero-order valence-corrected chi connectivity index (χ0v) is 15.4. The topological polar surface area (TPSA) is 100 Å². The van der Waals surface area contributed by atoms with Crippen molar-refractivity contribution in [2.45, 2.75) is 0 Å². The molecule has 0 radical (unpaired) electrons. The van der Waals surface area contributed by atoms with Gasteiger partial charge in [0.25, 0.3) is 5.91 Å². The number of hydrogen-bond donors (Lipinski definition) is 2. The second-order valence-electron chi connectivity index (χ2n) is 5.98. The van der Waals surface area contributed by atoms with Crippen LogP contribution in [0.1, 0.15) is 10.4 Å². The van der Waals surface area contributed by atoms with Gasteiger partial charge in [0.05, 0.1) is 16.9 Å². The van der Waals surface area contributed by atoms with Gasteiger partial charge in [-0.05, 0) is 48.5 Å². The molecule has 0 saturated heterocycles. The van der Waals surface area contributed by atoms with Crippen LogP contribution in [0, 0.1) is 11.6 Å². The van der Waals surface area contributed by atoms with Gasteiger partial charge in [-0.2, -0.15) is 5.11 Å². The van der Waals surface area contributed by atoms with Crippen molar-refractivity contribution in [1.29, 1.82) is 0 Å². The molecule has 3 aromatic rings. The molecular weight excluding hydrogens is 396 g/mol. The van der Waals surface area contributed by atoms with Crippen LogP contribution in [0.3, 0.4) is 0 Å². The summed E-state index contributed by atoms with van der Waals surface area (Å²) < 4.78 is 31.4. The Morgan fingerprint density at radius 1 is 0.967 bits per heavy atom. The lowest BCUT2D eigenvalue weighted by Crippen LogP contribution is -2.21. The molecule has 30 heavy (non-hydrogen) atoms. The molecule has 0 heterocycles. The first kappa shape index (κ1) is 20.6. The number of phenolic OH excluding ortho intramolecular Hbond substituents is 1. The molecular formula is C21H15F2N3O4. The summed E-state index contributed by atoms with van der Waals surface area (Å²) in [5.41, 5.74) is 0.499. The number of carbonyl (C=O) groups excluding carboxylic acids is 2. The summed E-state index contributed by atoms with van der Waals surface area (Å²) in [6, 6.07) is 14.8. The molecule has 3 aromatic carbocycles. The number of hydrogen-bond acceptors (Lipinski definition) is 6. The van der Waals surface area contributed by atoms with Gasteiger partial charge in [-0.1, -0.05) is 12.1 Å². The first-order chi connectivity index (χ1) is 14.4. The summed E-state index contributed by atoms with van der Waals surface area (Å²) in [7, 11) is 0. The van der Waals surface area contributed by atoms with Crippen LogP contribution >= 0.6 is 0 Å². The van der Waals surface area contributed by atoms with Crippen molar-refractivity contribution in [3.05, 3.63) is 83.9 Å². The molecule has 0 aliphatic carbocycles. The Hall–Kier alpha value is -4.14. The van der Waals surface area contributed by atoms with Crippen LogP contribution in [0.2, 0.25) is 0 Å². The largest absolute Gasteiger partial charge is 0.508 e. The quantitative estimate of drug-likeness (QED) is 0.446. The number of aromatic hydroxyl groups is 1. The lowest BCUT2D eigenvalue weighted by Gasteiger charge is -2.08. The van der Waals surface area contributed by atoms with Crippen LogP contribution in [0.4, 0.5) is 25.8 Å². The van der Waals surface area contributed by atoms with E-state index in [4.69, 9.17) is 4.74 Å². The van der Waals surface area contributed by atoms with Crippen molar-refractivity contribution in [3.63, 3.8) is 0 Å². The van der Waals surface area contributed by atoms with Crippen molar-refractivity contribution >= 4 is 28.9 Å². The Morgan fingerprint density at radius 3 is 2.43 bits per heavy atom. The van der Waals surface area contributed by atoms with E-state index in [1.165, 1.54) is 24.3 Å². The number of halogens is 2. The fraction of sp³-hybridized carbons (Fsp3) is 0.0476. The molecule has 0 aliphatic heterocycles. The first-order valence-corrected chi connectivity index (χ1v) is 8.64. The number of rotatable bonds is 6. The van der Waals surface area contributed by atoms with E-state index < -0.39 is 30.1 Å². The number of amides is 1. The Balaban J connectivity index is 1.64. The molecule has 0 atom stereocenters. The van der Waals surface area contributed by atoms with Gasteiger partial charge >= 0.3 is 5.97 Å². The Kier molecular flexibility index (Phi) is 6.43. The molecule has 0 saturated carbocycles. The lowest BCUT2D eigenvalue weighted by atomic mass is 10.2. The minimum Gasteiger partial charge on any atom is -0.508 e. The van der Waals surface area contributed by atoms with E-state index in [1.54, 1.807) is 24.3 Å². The highest BCUT2D eigenvalue weighted by atomic mass is 19.1. The van der Waals surface area contributed by atoms with E-state index in [2.05, 4.69) is 15.5 Å². The number of anilines is 1. The lowest BCUT2D eigenvalue weighted by molar-refractivity contribution is -0.119. The minimum absolute atomic E-state index is 0.0702. The zero-order chi connectivity index (χ0) is 21.5. The van der Waals surface area contributed by atoms with Gasteiger partial charge in [0.2, 0.25) is 0 Å². The van der Waals surface area contributed by atoms with E-state index >= 15 is 0 Å². The van der Waals surface area contributed by atoms with Gasteiger partial charge < -0.3 is 15.2 Å². The fourth-order valence-electron chi connectivity index (χ4n) is 2.35. The van der Waals surface area contributed by atoms with E-state index in [1.807, 2.05) is 0 Å². The summed E-state index contributed by atoms with van der Waals surface area (Å²) in [6.45, 7) is -0.681. The molecule has 0 aliphatic rings. The average Bonchev–Trinajstić information content (AvgIpc) is 2.74. The summed E-state index contributed by atoms with van der Waals surface area (Å²) in [4.78, 5) is 24.2. The predicted octanol–water partition coefficient (Wildman–Crippen LogP) is 4.88. The molecule has 2 N–H and O–H groups in total. The maximum absolute atomic E-state index is 13.6. The van der Waals surface area contributed by atoms with Crippen molar-refractivity contribution < 1.29 is 28.2 Å². The highest BCUT2D eigenvalue weighted by Gasteiger charge is 2.15. The maximum atomic E-state index is 13.6. The van der Waals surface area contributed by atoms with Crippen molar-refractivity contribution in [1.82, 2.24) is 0 Å². The van der Waals surface area contributed by atoms with Crippen LogP contribution in [0.5, 0.6) is 5.75 Å². The Labute approximate surface area is 169 Å². The van der Waals surface area contributed by atoms with Crippen LogP contribution < -0.4 is 5.32 Å². The molecule has 152 valence electrons. The second kappa shape index (κ2) is 9.37. The fourth-order valence-corrected chi connectivity index (χ4v) is 2.35. The number of ether oxygens (including phenoxy) is 1. The standard InChI is InChI=1S/C21H15F2N3O4/c22-13-5-10-19(17(23)11-13)24-20(28)12-30-21(29)16-3-1-2-4-18(16)26-25-14-6-8-15(27)9-7-14/h1-11,27H,12H2,(H,24,28). The first-order valence-electron chi connectivity index (χ1n) is 8.64. The minimum atomic E-state index is -0.949. The number of esters is 1. The molecule has 7 nitrogen and oxygen atoms in total. The van der Waals surface area contributed by atoms with Crippen LogP contribution in [-0.4, -0.2) is 23.6 Å². The third-order valence-electron chi connectivity index (χ3n) is 3.79. The molecule has 0 unspecified atom stereocenters.